The first-order valence-corrected chi connectivity index (χ1v) is 23.8. The molecule has 0 spiro atoms. The quantitative estimate of drug-likeness (QED) is 0.128. The van der Waals surface area contributed by atoms with Gasteiger partial charge in [0.05, 0.1) is 16.6 Å². The second-order valence-electron chi connectivity index (χ2n) is 17.7. The molecule has 0 unspecified atom stereocenters. The van der Waals surface area contributed by atoms with E-state index in [1.54, 1.807) is 0 Å². The molecule has 68 heavy (non-hydrogen) atoms. The van der Waals surface area contributed by atoms with E-state index >= 15 is 0 Å². The molecule has 0 bridgehead atoms. The van der Waals surface area contributed by atoms with Crippen LogP contribution in [0.15, 0.2) is 237 Å². The molecule has 0 N–H and O–H groups in total. The van der Waals surface area contributed by atoms with E-state index in [1.807, 2.05) is 12.3 Å². The van der Waals surface area contributed by atoms with Crippen molar-refractivity contribution in [2.75, 3.05) is 4.90 Å². The van der Waals surface area contributed by atoms with Gasteiger partial charge in [-0.1, -0.05) is 172 Å². The topological polar surface area (TPSA) is 21.1 Å². The molecule has 0 aliphatic rings. The SMILES string of the molecule is CCc1cc(-c2cccc3ccc4cccnc4c23)ccc1-c1ccc(N(c2ccc(-c3ccccc3)cc2)c2ccc(-c3ccc4c(c3)c3ccccc3n4-c3ccccc3)cc2)cc1CC. The standard InChI is InChI=1S/C65H49N3/c1-3-44-41-52(59-22-13-17-49-24-25-50-18-14-40-66-65(50)64(49)59)30-37-57(44)58-38-36-56(42-45(58)4-2)67(54-32-26-47(27-33-54)46-15-7-5-8-16-46)55-34-28-48(29-35-55)51-31-39-63-61(43-51)60-21-11-12-23-62(60)68(63)53-19-9-6-10-20-53/h5-43H,3-4H2,1-2H3. The summed E-state index contributed by atoms with van der Waals surface area (Å²) >= 11 is 0. The van der Waals surface area contributed by atoms with E-state index in [0.29, 0.717) is 0 Å². The van der Waals surface area contributed by atoms with Gasteiger partial charge in [-0.05, 0) is 147 Å². The van der Waals surface area contributed by atoms with Crippen LogP contribution < -0.4 is 4.90 Å². The molecule has 0 saturated heterocycles. The molecule has 2 heterocycles. The highest BCUT2D eigenvalue weighted by Crippen LogP contribution is 2.42. The number of hydrogen-bond donors (Lipinski definition) is 0. The lowest BCUT2D eigenvalue weighted by Crippen LogP contribution is -2.10. The van der Waals surface area contributed by atoms with Crippen LogP contribution >= 0.6 is 0 Å². The molecule has 0 aliphatic carbocycles. The van der Waals surface area contributed by atoms with Gasteiger partial charge in [-0.3, -0.25) is 4.98 Å². The third-order valence-corrected chi connectivity index (χ3v) is 13.8. The van der Waals surface area contributed by atoms with Gasteiger partial charge in [-0.15, -0.1) is 0 Å². The Hall–Kier alpha value is -8.53. The van der Waals surface area contributed by atoms with Crippen LogP contribution in [0.3, 0.4) is 0 Å². The van der Waals surface area contributed by atoms with Crippen LogP contribution in [-0.4, -0.2) is 9.55 Å². The Kier molecular flexibility index (Phi) is 10.5. The summed E-state index contributed by atoms with van der Waals surface area (Å²) in [6.07, 6.45) is 3.73. The molecular formula is C65H49N3. The lowest BCUT2D eigenvalue weighted by molar-refractivity contribution is 1.11. The van der Waals surface area contributed by atoms with E-state index in [1.165, 1.54) is 93.9 Å². The number of aromatic nitrogens is 2. The predicted octanol–water partition coefficient (Wildman–Crippen LogP) is 17.7. The Morgan fingerprint density at radius 1 is 0.382 bits per heavy atom. The van der Waals surface area contributed by atoms with E-state index in [2.05, 4.69) is 248 Å². The van der Waals surface area contributed by atoms with Gasteiger partial charge in [-0.25, -0.2) is 0 Å². The Bertz CT molecular complexity index is 3790. The molecule has 3 heteroatoms. The van der Waals surface area contributed by atoms with Crippen LogP contribution in [0.4, 0.5) is 17.1 Å². The molecular weight excluding hydrogens is 823 g/mol. The number of rotatable bonds is 10. The third kappa shape index (κ3) is 7.21. The first-order chi connectivity index (χ1) is 33.6. The summed E-state index contributed by atoms with van der Waals surface area (Å²) in [6, 6.07) is 84.3. The fraction of sp³-hybridized carbons (Fsp3) is 0.0615. The normalized spacial score (nSPS) is 11.5. The minimum atomic E-state index is 0.901. The van der Waals surface area contributed by atoms with Gasteiger partial charge in [0, 0.05) is 50.5 Å². The van der Waals surface area contributed by atoms with Crippen molar-refractivity contribution >= 4 is 60.5 Å². The van der Waals surface area contributed by atoms with E-state index in [9.17, 15) is 0 Å². The van der Waals surface area contributed by atoms with E-state index in [0.717, 1.165) is 40.8 Å². The molecule has 0 aliphatic heterocycles. The maximum atomic E-state index is 4.85. The van der Waals surface area contributed by atoms with Crippen LogP contribution in [-0.2, 0) is 12.8 Å². The Balaban J connectivity index is 0.931. The zero-order chi connectivity index (χ0) is 45.6. The van der Waals surface area contributed by atoms with Gasteiger partial charge < -0.3 is 9.47 Å². The number of para-hydroxylation sites is 2. The monoisotopic (exact) mass is 871 g/mol. The van der Waals surface area contributed by atoms with Crippen LogP contribution in [0.25, 0.3) is 93.7 Å². The predicted molar refractivity (Wildman–Crippen MR) is 289 cm³/mol. The first kappa shape index (κ1) is 40.9. The molecule has 10 aromatic carbocycles. The fourth-order valence-electron chi connectivity index (χ4n) is 10.4. The van der Waals surface area contributed by atoms with Crippen LogP contribution in [0.5, 0.6) is 0 Å². The highest BCUT2D eigenvalue weighted by Gasteiger charge is 2.19. The van der Waals surface area contributed by atoms with Crippen molar-refractivity contribution in [1.29, 1.82) is 0 Å². The summed E-state index contributed by atoms with van der Waals surface area (Å²) in [6.45, 7) is 4.55. The second kappa shape index (κ2) is 17.4. The number of fused-ring (bicyclic) bond motifs is 6. The highest BCUT2D eigenvalue weighted by molar-refractivity contribution is 6.13. The number of nitrogens with zero attached hydrogens (tertiary/aromatic N) is 3. The zero-order valence-electron chi connectivity index (χ0n) is 38.3. The summed E-state index contributed by atoms with van der Waals surface area (Å²) in [7, 11) is 0. The van der Waals surface area contributed by atoms with Gasteiger partial charge in [0.1, 0.15) is 0 Å². The lowest BCUT2D eigenvalue weighted by atomic mass is 9.89. The van der Waals surface area contributed by atoms with Crippen molar-refractivity contribution in [3.05, 3.63) is 248 Å². The summed E-state index contributed by atoms with van der Waals surface area (Å²) < 4.78 is 2.37. The van der Waals surface area contributed by atoms with E-state index in [4.69, 9.17) is 4.98 Å². The summed E-state index contributed by atoms with van der Waals surface area (Å²) in [5, 5.41) is 6.07. The van der Waals surface area contributed by atoms with E-state index in [-0.39, 0.29) is 0 Å². The number of anilines is 3. The average molecular weight is 872 g/mol. The third-order valence-electron chi connectivity index (χ3n) is 13.8. The lowest BCUT2D eigenvalue weighted by Gasteiger charge is -2.27. The number of pyridine rings is 1. The summed E-state index contributed by atoms with van der Waals surface area (Å²) in [5.41, 5.74) is 20.4. The van der Waals surface area contributed by atoms with E-state index < -0.39 is 0 Å². The minimum absolute atomic E-state index is 0.901. The molecule has 0 radical (unpaired) electrons. The van der Waals surface area contributed by atoms with Crippen LogP contribution in [0.2, 0.25) is 0 Å². The summed E-state index contributed by atoms with van der Waals surface area (Å²) in [5.74, 6) is 0. The zero-order valence-corrected chi connectivity index (χ0v) is 38.3. The smallest absolute Gasteiger partial charge is 0.0786 e. The molecule has 3 nitrogen and oxygen atoms in total. The average Bonchev–Trinajstić information content (AvgIpc) is 3.75. The number of aryl methyl sites for hydroxylation is 2. The van der Waals surface area contributed by atoms with Crippen molar-refractivity contribution in [1.82, 2.24) is 9.55 Å². The van der Waals surface area contributed by atoms with Gasteiger partial charge in [0.15, 0.2) is 0 Å². The van der Waals surface area contributed by atoms with Crippen molar-refractivity contribution in [3.8, 4) is 50.2 Å². The molecule has 0 atom stereocenters. The second-order valence-corrected chi connectivity index (χ2v) is 17.7. The number of hydrogen-bond acceptors (Lipinski definition) is 2. The molecule has 0 fully saturated rings. The largest absolute Gasteiger partial charge is 0.310 e. The minimum Gasteiger partial charge on any atom is -0.310 e. The molecule has 0 amide bonds. The van der Waals surface area contributed by atoms with Gasteiger partial charge in [0.25, 0.3) is 0 Å². The van der Waals surface area contributed by atoms with Crippen molar-refractivity contribution in [3.63, 3.8) is 0 Å². The molecule has 0 saturated carbocycles. The Labute approximate surface area is 397 Å². The first-order valence-electron chi connectivity index (χ1n) is 23.8. The van der Waals surface area contributed by atoms with Crippen LogP contribution in [0.1, 0.15) is 25.0 Å². The van der Waals surface area contributed by atoms with Gasteiger partial charge in [-0.2, -0.15) is 0 Å². The highest BCUT2D eigenvalue weighted by atomic mass is 15.1. The maximum absolute atomic E-state index is 4.85. The van der Waals surface area contributed by atoms with Gasteiger partial charge >= 0.3 is 0 Å². The maximum Gasteiger partial charge on any atom is 0.0786 e. The molecule has 324 valence electrons. The molecule has 12 aromatic rings. The number of benzene rings is 10. The van der Waals surface area contributed by atoms with Crippen molar-refractivity contribution in [2.45, 2.75) is 26.7 Å². The molecule has 2 aromatic heterocycles. The summed E-state index contributed by atoms with van der Waals surface area (Å²) in [4.78, 5) is 7.26. The van der Waals surface area contributed by atoms with Crippen molar-refractivity contribution < 1.29 is 0 Å². The van der Waals surface area contributed by atoms with Gasteiger partial charge in [0.2, 0.25) is 0 Å². The Morgan fingerprint density at radius 2 is 0.956 bits per heavy atom. The van der Waals surface area contributed by atoms with Crippen LogP contribution in [0, 0.1) is 0 Å². The Morgan fingerprint density at radius 3 is 1.71 bits per heavy atom. The fourth-order valence-corrected chi connectivity index (χ4v) is 10.4. The van der Waals surface area contributed by atoms with Crippen molar-refractivity contribution in [2.24, 2.45) is 0 Å². The molecule has 12 rings (SSSR count).